The van der Waals surface area contributed by atoms with Crippen LogP contribution in [-0.4, -0.2) is 0 Å². The van der Waals surface area contributed by atoms with Crippen LogP contribution in [0.2, 0.25) is 0 Å². The second-order valence-corrected chi connectivity index (χ2v) is 16.6. The molecule has 63 heavy (non-hydrogen) atoms. The molecule has 12 aromatic rings. The van der Waals surface area contributed by atoms with Crippen LogP contribution >= 0.6 is 0 Å². The fourth-order valence-electron chi connectivity index (χ4n) is 10.5. The number of furan rings is 1. The van der Waals surface area contributed by atoms with E-state index in [0.29, 0.717) is 0 Å². The number of fused-ring (bicyclic) bond motifs is 13. The summed E-state index contributed by atoms with van der Waals surface area (Å²) in [5.74, 6) is 0. The van der Waals surface area contributed by atoms with E-state index in [1.165, 1.54) is 88.3 Å². The van der Waals surface area contributed by atoms with Gasteiger partial charge >= 0.3 is 0 Å². The highest BCUT2D eigenvalue weighted by Crippen LogP contribution is 2.50. The molecule has 1 aliphatic carbocycles. The first-order valence-electron chi connectivity index (χ1n) is 21.8. The molecule has 1 aliphatic rings. The Morgan fingerprint density at radius 3 is 0.984 bits per heavy atom. The summed E-state index contributed by atoms with van der Waals surface area (Å²) in [6.45, 7) is 0. The SMILES string of the molecule is c1ccc(-c2cccc3c2oc2c(-c4ccc(-c5c6ccccc6c(-c6ccc7c(c6)-c6ccccc6-c6ccccc6-c6ccccc6-7)c6ccccc56)cc4)cccc23)cc1. The van der Waals surface area contributed by atoms with Gasteiger partial charge in [0, 0.05) is 21.9 Å². The molecule has 0 atom stereocenters. The lowest BCUT2D eigenvalue weighted by molar-refractivity contribution is 0.671. The number of hydrogen-bond donors (Lipinski definition) is 0. The maximum Gasteiger partial charge on any atom is 0.143 e. The van der Waals surface area contributed by atoms with Gasteiger partial charge in [0.2, 0.25) is 0 Å². The summed E-state index contributed by atoms with van der Waals surface area (Å²) < 4.78 is 6.81. The smallest absolute Gasteiger partial charge is 0.143 e. The van der Waals surface area contributed by atoms with Crippen molar-refractivity contribution in [1.82, 2.24) is 0 Å². The van der Waals surface area contributed by atoms with Gasteiger partial charge in [0.1, 0.15) is 11.2 Å². The summed E-state index contributed by atoms with van der Waals surface area (Å²) >= 11 is 0. The second-order valence-electron chi connectivity index (χ2n) is 16.6. The lowest BCUT2D eigenvalue weighted by Gasteiger charge is -2.24. The number of para-hydroxylation sites is 2. The lowest BCUT2D eigenvalue weighted by atomic mass is 9.79. The molecule has 11 aromatic carbocycles. The average molecular weight is 799 g/mol. The van der Waals surface area contributed by atoms with Gasteiger partial charge in [-0.3, -0.25) is 0 Å². The fourth-order valence-corrected chi connectivity index (χ4v) is 10.5. The lowest BCUT2D eigenvalue weighted by Crippen LogP contribution is -1.97. The van der Waals surface area contributed by atoms with Crippen molar-refractivity contribution in [1.29, 1.82) is 0 Å². The Morgan fingerprint density at radius 1 is 0.190 bits per heavy atom. The van der Waals surface area contributed by atoms with E-state index in [-0.39, 0.29) is 0 Å². The molecular weight excluding hydrogens is 761 g/mol. The van der Waals surface area contributed by atoms with E-state index < -0.39 is 0 Å². The van der Waals surface area contributed by atoms with Crippen LogP contribution in [0.3, 0.4) is 0 Å². The second kappa shape index (κ2) is 14.2. The predicted octanol–water partition coefficient (Wildman–Crippen LogP) is 17.5. The molecule has 0 unspecified atom stereocenters. The molecular formula is C62H38O. The number of hydrogen-bond acceptors (Lipinski definition) is 1. The minimum absolute atomic E-state index is 0.913. The highest BCUT2D eigenvalue weighted by atomic mass is 16.3. The van der Waals surface area contributed by atoms with Gasteiger partial charge in [0.05, 0.1) is 0 Å². The van der Waals surface area contributed by atoms with Crippen LogP contribution in [0.1, 0.15) is 0 Å². The summed E-state index contributed by atoms with van der Waals surface area (Å²) in [5, 5.41) is 7.20. The van der Waals surface area contributed by atoms with E-state index in [2.05, 4.69) is 231 Å². The first-order chi connectivity index (χ1) is 31.3. The zero-order valence-electron chi connectivity index (χ0n) is 34.3. The van der Waals surface area contributed by atoms with Crippen LogP contribution in [0.15, 0.2) is 235 Å². The van der Waals surface area contributed by atoms with Crippen molar-refractivity contribution in [3.8, 4) is 89.0 Å². The van der Waals surface area contributed by atoms with Crippen molar-refractivity contribution in [2.24, 2.45) is 0 Å². The number of benzene rings is 11. The van der Waals surface area contributed by atoms with Crippen LogP contribution in [0.5, 0.6) is 0 Å². The van der Waals surface area contributed by atoms with E-state index in [9.17, 15) is 0 Å². The third-order valence-corrected chi connectivity index (χ3v) is 13.3. The maximum absolute atomic E-state index is 6.81. The van der Waals surface area contributed by atoms with Crippen LogP contribution in [0.25, 0.3) is 132 Å². The number of rotatable bonds is 4. The maximum atomic E-state index is 6.81. The minimum Gasteiger partial charge on any atom is -0.455 e. The van der Waals surface area contributed by atoms with Crippen molar-refractivity contribution in [3.05, 3.63) is 231 Å². The first kappa shape index (κ1) is 35.5. The van der Waals surface area contributed by atoms with Crippen LogP contribution in [0.4, 0.5) is 0 Å². The van der Waals surface area contributed by atoms with Crippen LogP contribution in [0, 0.1) is 0 Å². The van der Waals surface area contributed by atoms with Gasteiger partial charge in [-0.15, -0.1) is 0 Å². The molecule has 0 amide bonds. The molecule has 0 saturated carbocycles. The average Bonchev–Trinajstić information content (AvgIpc) is 3.75. The van der Waals surface area contributed by atoms with Crippen molar-refractivity contribution < 1.29 is 4.42 Å². The molecule has 0 saturated heterocycles. The Kier molecular flexibility index (Phi) is 7.98. The van der Waals surface area contributed by atoms with E-state index in [1.54, 1.807) is 0 Å². The van der Waals surface area contributed by atoms with Crippen molar-refractivity contribution in [2.45, 2.75) is 0 Å². The molecule has 1 heteroatoms. The summed E-state index contributed by atoms with van der Waals surface area (Å²) in [6, 6.07) is 84.3. The molecule has 1 nitrogen and oxygen atoms in total. The van der Waals surface area contributed by atoms with Crippen molar-refractivity contribution >= 4 is 43.5 Å². The Labute approximate surface area is 365 Å². The molecule has 0 aliphatic heterocycles. The van der Waals surface area contributed by atoms with Gasteiger partial charge in [0.25, 0.3) is 0 Å². The summed E-state index contributed by atoms with van der Waals surface area (Å²) in [5.41, 5.74) is 21.2. The van der Waals surface area contributed by atoms with E-state index >= 15 is 0 Å². The summed E-state index contributed by atoms with van der Waals surface area (Å²) in [6.07, 6.45) is 0. The Morgan fingerprint density at radius 2 is 0.508 bits per heavy atom. The third-order valence-electron chi connectivity index (χ3n) is 13.3. The topological polar surface area (TPSA) is 13.1 Å². The van der Waals surface area contributed by atoms with Gasteiger partial charge in [-0.05, 0) is 105 Å². The highest BCUT2D eigenvalue weighted by Gasteiger charge is 2.24. The van der Waals surface area contributed by atoms with Crippen molar-refractivity contribution in [3.63, 3.8) is 0 Å². The monoisotopic (exact) mass is 798 g/mol. The van der Waals surface area contributed by atoms with E-state index in [0.717, 1.165) is 44.2 Å². The zero-order chi connectivity index (χ0) is 41.4. The minimum atomic E-state index is 0.913. The standard InChI is InChI=1S/C62H38O/c1-2-16-39(17-3-1)43-28-14-30-56-57-31-15-29-44(62(57)63-61(43)56)40-32-34-41(35-33-40)59-52-24-10-12-26-54(52)60(55-27-13-11-25-53(55)59)42-36-37-51-49-22-7-6-20-47(49)45-18-4-5-19-46(45)48-21-8-9-23-50(48)58(51)38-42/h1-38H. The Hall–Kier alpha value is -8.26. The predicted molar refractivity (Wildman–Crippen MR) is 266 cm³/mol. The quantitative estimate of drug-likeness (QED) is 0.162. The molecule has 292 valence electrons. The van der Waals surface area contributed by atoms with Gasteiger partial charge in [-0.1, -0.05) is 224 Å². The third kappa shape index (κ3) is 5.50. The molecule has 0 radical (unpaired) electrons. The summed E-state index contributed by atoms with van der Waals surface area (Å²) in [4.78, 5) is 0. The normalized spacial score (nSPS) is 11.8. The van der Waals surface area contributed by atoms with Crippen molar-refractivity contribution in [2.75, 3.05) is 0 Å². The molecule has 0 bridgehead atoms. The fraction of sp³-hybridized carbons (Fsp3) is 0. The van der Waals surface area contributed by atoms with E-state index in [4.69, 9.17) is 4.42 Å². The molecule has 0 N–H and O–H groups in total. The van der Waals surface area contributed by atoms with Gasteiger partial charge in [-0.25, -0.2) is 0 Å². The highest BCUT2D eigenvalue weighted by molar-refractivity contribution is 6.22. The molecule has 1 heterocycles. The van der Waals surface area contributed by atoms with E-state index in [1.807, 2.05) is 0 Å². The van der Waals surface area contributed by atoms with Gasteiger partial charge < -0.3 is 4.42 Å². The van der Waals surface area contributed by atoms with Gasteiger partial charge in [0.15, 0.2) is 0 Å². The molecule has 13 rings (SSSR count). The largest absolute Gasteiger partial charge is 0.455 e. The van der Waals surface area contributed by atoms with Crippen LogP contribution < -0.4 is 0 Å². The van der Waals surface area contributed by atoms with Crippen LogP contribution in [-0.2, 0) is 0 Å². The molecule has 0 fully saturated rings. The molecule has 1 aromatic heterocycles. The first-order valence-corrected chi connectivity index (χ1v) is 21.8. The summed E-state index contributed by atoms with van der Waals surface area (Å²) in [7, 11) is 0. The zero-order valence-corrected chi connectivity index (χ0v) is 34.3. The Balaban J connectivity index is 0.977. The molecule has 0 spiro atoms. The van der Waals surface area contributed by atoms with Gasteiger partial charge in [-0.2, -0.15) is 0 Å². The Bertz CT molecular complexity index is 3710.